The van der Waals surface area contributed by atoms with Crippen molar-refractivity contribution in [3.8, 4) is 0 Å². The molecule has 9 nitrogen and oxygen atoms in total. The van der Waals surface area contributed by atoms with Gasteiger partial charge in [-0.25, -0.2) is 19.9 Å². The van der Waals surface area contributed by atoms with Crippen molar-refractivity contribution in [3.05, 3.63) is 35.2 Å². The molecule has 34 heavy (non-hydrogen) atoms. The number of benzene rings is 1. The van der Waals surface area contributed by atoms with Gasteiger partial charge >= 0.3 is 0 Å². The predicted octanol–water partition coefficient (Wildman–Crippen LogP) is 2.95. The summed E-state index contributed by atoms with van der Waals surface area (Å²) in [5.74, 6) is 1.78. The molecule has 2 saturated heterocycles. The molecule has 11 heteroatoms. The number of nitrogens with zero attached hydrogens (tertiary/aromatic N) is 6. The minimum absolute atomic E-state index is 0.139. The highest BCUT2D eigenvalue weighted by Crippen LogP contribution is 2.38. The summed E-state index contributed by atoms with van der Waals surface area (Å²) in [5, 5.41) is 3.25. The van der Waals surface area contributed by atoms with Crippen molar-refractivity contribution in [1.29, 1.82) is 0 Å². The van der Waals surface area contributed by atoms with E-state index in [1.54, 1.807) is 6.33 Å². The highest BCUT2D eigenvalue weighted by Gasteiger charge is 2.27. The van der Waals surface area contributed by atoms with Crippen molar-refractivity contribution < 1.29 is 0 Å². The van der Waals surface area contributed by atoms with E-state index in [4.69, 9.17) is 33.0 Å². The Labute approximate surface area is 206 Å². The number of nitrogens with one attached hydrogen (secondary N) is 1. The molecule has 2 aliphatic heterocycles. The molecular formula is C23H26ClN9S. The average Bonchev–Trinajstić information content (AvgIpc) is 3.39. The van der Waals surface area contributed by atoms with Crippen LogP contribution >= 0.6 is 23.4 Å². The molecule has 1 atom stereocenters. The van der Waals surface area contributed by atoms with Crippen LogP contribution in [0.4, 0.5) is 11.6 Å². The molecule has 0 radical (unpaired) electrons. The number of hydrogen-bond acceptors (Lipinski definition) is 9. The Morgan fingerprint density at radius 3 is 2.65 bits per heavy atom. The minimum Gasteiger partial charge on any atom is -0.354 e. The van der Waals surface area contributed by atoms with Crippen LogP contribution in [0.3, 0.4) is 0 Å². The topological polar surface area (TPSA) is 126 Å². The molecule has 2 fully saturated rings. The fraction of sp³-hybridized carbons (Fsp3) is 0.391. The van der Waals surface area contributed by atoms with Gasteiger partial charge in [0.05, 0.1) is 15.9 Å². The number of halogens is 1. The van der Waals surface area contributed by atoms with Gasteiger partial charge in [0.15, 0.2) is 5.16 Å². The minimum atomic E-state index is 0.139. The van der Waals surface area contributed by atoms with E-state index in [2.05, 4.69) is 49.9 Å². The fourth-order valence-corrected chi connectivity index (χ4v) is 5.84. The van der Waals surface area contributed by atoms with E-state index >= 15 is 0 Å². The molecule has 0 amide bonds. The summed E-state index contributed by atoms with van der Waals surface area (Å²) in [6.45, 7) is 5.32. The first kappa shape index (κ1) is 21.8. The zero-order chi connectivity index (χ0) is 23.4. The summed E-state index contributed by atoms with van der Waals surface area (Å²) in [4.78, 5) is 27.5. The van der Waals surface area contributed by atoms with Crippen LogP contribution in [-0.2, 0) is 6.42 Å². The van der Waals surface area contributed by atoms with E-state index in [0.29, 0.717) is 10.2 Å². The van der Waals surface area contributed by atoms with Crippen LogP contribution in [0.5, 0.6) is 0 Å². The van der Waals surface area contributed by atoms with Crippen LogP contribution in [0.2, 0.25) is 5.02 Å². The standard InChI is InChI=1S/C23H26ClN9S/c1-2-16-19(24)18-20(29-16)30-23(31-22(18)32-6-5-12(25)8-32)34-14-3-4-15-17(7-14)27-11-28-21(15)33-9-13(26)10-33/h3-4,7,11-13H,2,5-6,8-10,25-26H2,1H3,(H,29,30,31)/t12-/m1/s1. The predicted molar refractivity (Wildman–Crippen MR) is 137 cm³/mol. The number of fused-ring (bicyclic) bond motifs is 2. The molecule has 2 aliphatic rings. The third-order valence-electron chi connectivity index (χ3n) is 6.51. The smallest absolute Gasteiger partial charge is 0.196 e. The van der Waals surface area contributed by atoms with E-state index < -0.39 is 0 Å². The monoisotopic (exact) mass is 495 g/mol. The first-order valence-corrected chi connectivity index (χ1v) is 12.7. The van der Waals surface area contributed by atoms with Crippen molar-refractivity contribution in [2.75, 3.05) is 36.0 Å². The van der Waals surface area contributed by atoms with Crippen LogP contribution in [0.1, 0.15) is 19.0 Å². The molecule has 0 spiro atoms. The molecule has 5 heterocycles. The molecular weight excluding hydrogens is 470 g/mol. The van der Waals surface area contributed by atoms with Gasteiger partial charge in [0.25, 0.3) is 0 Å². The second kappa shape index (κ2) is 8.53. The summed E-state index contributed by atoms with van der Waals surface area (Å²) in [7, 11) is 0. The number of nitrogens with two attached hydrogens (primary N) is 2. The van der Waals surface area contributed by atoms with Gasteiger partial charge in [0, 0.05) is 54.2 Å². The normalized spacial score (nSPS) is 18.9. The van der Waals surface area contributed by atoms with Crippen molar-refractivity contribution in [2.45, 2.75) is 41.9 Å². The lowest BCUT2D eigenvalue weighted by molar-refractivity contribution is 0.516. The van der Waals surface area contributed by atoms with Crippen molar-refractivity contribution in [2.24, 2.45) is 11.5 Å². The summed E-state index contributed by atoms with van der Waals surface area (Å²) in [6.07, 6.45) is 3.34. The Morgan fingerprint density at radius 1 is 1.09 bits per heavy atom. The Balaban J connectivity index is 1.37. The van der Waals surface area contributed by atoms with E-state index in [9.17, 15) is 0 Å². The lowest BCUT2D eigenvalue weighted by Crippen LogP contribution is -2.56. The van der Waals surface area contributed by atoms with Crippen LogP contribution in [0, 0.1) is 0 Å². The zero-order valence-corrected chi connectivity index (χ0v) is 20.4. The summed E-state index contributed by atoms with van der Waals surface area (Å²) < 4.78 is 0. The molecule has 3 aromatic heterocycles. The SMILES string of the molecule is CCc1[nH]c2nc(Sc3ccc4c(N5CC(N)C5)ncnc4c3)nc(N3CC[C@@H](N)C3)c2c1Cl. The number of H-pyrrole nitrogens is 1. The molecule has 1 aromatic carbocycles. The van der Waals surface area contributed by atoms with Gasteiger partial charge in [-0.15, -0.1) is 0 Å². The van der Waals surface area contributed by atoms with Gasteiger partial charge in [0.2, 0.25) is 0 Å². The van der Waals surface area contributed by atoms with E-state index in [-0.39, 0.29) is 12.1 Å². The van der Waals surface area contributed by atoms with Gasteiger partial charge in [-0.1, -0.05) is 18.5 Å². The molecule has 0 saturated carbocycles. The highest BCUT2D eigenvalue weighted by molar-refractivity contribution is 7.99. The third-order valence-corrected chi connectivity index (χ3v) is 7.78. The first-order chi connectivity index (χ1) is 16.5. The van der Waals surface area contributed by atoms with Gasteiger partial charge in [-0.3, -0.25) is 0 Å². The largest absolute Gasteiger partial charge is 0.354 e. The maximum atomic E-state index is 6.72. The number of hydrogen-bond donors (Lipinski definition) is 3. The fourth-order valence-electron chi connectivity index (χ4n) is 4.70. The summed E-state index contributed by atoms with van der Waals surface area (Å²) in [5.41, 5.74) is 14.8. The molecule has 6 rings (SSSR count). The quantitative estimate of drug-likeness (QED) is 0.358. The Hall–Kier alpha value is -2.66. The van der Waals surface area contributed by atoms with Crippen LogP contribution in [-0.4, -0.2) is 63.2 Å². The summed E-state index contributed by atoms with van der Waals surface area (Å²) in [6, 6.07) is 6.54. The second-order valence-electron chi connectivity index (χ2n) is 8.96. The van der Waals surface area contributed by atoms with Crippen molar-refractivity contribution in [3.63, 3.8) is 0 Å². The van der Waals surface area contributed by atoms with Crippen molar-refractivity contribution >= 4 is 56.9 Å². The Bertz CT molecular complexity index is 1380. The second-order valence-corrected chi connectivity index (χ2v) is 10.4. The molecule has 0 unspecified atom stereocenters. The van der Waals surface area contributed by atoms with Gasteiger partial charge in [-0.05, 0) is 42.8 Å². The first-order valence-electron chi connectivity index (χ1n) is 11.5. The lowest BCUT2D eigenvalue weighted by atomic mass is 10.1. The highest BCUT2D eigenvalue weighted by atomic mass is 35.5. The molecule has 4 aromatic rings. The van der Waals surface area contributed by atoms with E-state index in [1.807, 2.05) is 0 Å². The van der Waals surface area contributed by atoms with Gasteiger partial charge in [-0.2, -0.15) is 0 Å². The number of anilines is 2. The maximum Gasteiger partial charge on any atom is 0.196 e. The molecule has 176 valence electrons. The molecule has 0 bridgehead atoms. The molecule has 0 aliphatic carbocycles. The van der Waals surface area contributed by atoms with E-state index in [1.165, 1.54) is 11.8 Å². The Morgan fingerprint density at radius 2 is 1.91 bits per heavy atom. The van der Waals surface area contributed by atoms with E-state index in [0.717, 1.165) is 83.2 Å². The third kappa shape index (κ3) is 3.74. The maximum absolute atomic E-state index is 6.72. The number of aromatic nitrogens is 5. The zero-order valence-electron chi connectivity index (χ0n) is 18.8. The average molecular weight is 496 g/mol. The Kier molecular flexibility index (Phi) is 5.48. The number of aryl methyl sites for hydroxylation is 1. The van der Waals surface area contributed by atoms with Gasteiger partial charge < -0.3 is 26.3 Å². The summed E-state index contributed by atoms with van der Waals surface area (Å²) >= 11 is 8.23. The van der Waals surface area contributed by atoms with Crippen molar-refractivity contribution in [1.82, 2.24) is 24.9 Å². The lowest BCUT2D eigenvalue weighted by Gasteiger charge is -2.38. The van der Waals surface area contributed by atoms with Crippen LogP contribution < -0.4 is 21.3 Å². The number of rotatable bonds is 5. The van der Waals surface area contributed by atoms with Gasteiger partial charge in [0.1, 0.15) is 23.6 Å². The van der Waals surface area contributed by atoms with Crippen LogP contribution in [0.25, 0.3) is 21.9 Å². The number of aromatic amines is 1. The molecule has 5 N–H and O–H groups in total. The van der Waals surface area contributed by atoms with Crippen LogP contribution in [0.15, 0.2) is 34.6 Å².